The normalized spacial score (nSPS) is 28.7. The third kappa shape index (κ3) is 1.34. The first-order chi connectivity index (χ1) is 11.2. The lowest BCUT2D eigenvalue weighted by Crippen LogP contribution is -1.91. The Balaban J connectivity index is 1.67. The van der Waals surface area contributed by atoms with E-state index in [-0.39, 0.29) is 0 Å². The smallest absolute Gasteiger partial charge is 0.00203 e. The molecule has 1 aromatic carbocycles. The van der Waals surface area contributed by atoms with Crippen LogP contribution in [-0.4, -0.2) is 0 Å². The Bertz CT molecular complexity index is 972. The second-order valence-electron chi connectivity index (χ2n) is 7.40. The number of hydrogen-bond acceptors (Lipinski definition) is 0. The van der Waals surface area contributed by atoms with Gasteiger partial charge in [0.1, 0.15) is 0 Å². The molecule has 5 aliphatic carbocycles. The lowest BCUT2D eigenvalue weighted by Gasteiger charge is -2.09. The maximum absolute atomic E-state index is 4.47. The summed E-state index contributed by atoms with van der Waals surface area (Å²) in [6.45, 7) is 8.92. The van der Waals surface area contributed by atoms with Gasteiger partial charge >= 0.3 is 0 Å². The number of allylic oxidation sites excluding steroid dienone is 10. The molecule has 0 aromatic heterocycles. The second kappa shape index (κ2) is 3.76. The van der Waals surface area contributed by atoms with Crippen molar-refractivity contribution in [2.75, 3.05) is 0 Å². The van der Waals surface area contributed by atoms with E-state index in [0.29, 0.717) is 0 Å². The van der Waals surface area contributed by atoms with Gasteiger partial charge in [-0.2, -0.15) is 0 Å². The molecule has 5 aliphatic rings. The summed E-state index contributed by atoms with van der Waals surface area (Å²) in [5, 5.41) is 0. The molecule has 0 radical (unpaired) electrons. The minimum absolute atomic E-state index is 0.768. The van der Waals surface area contributed by atoms with Crippen molar-refractivity contribution in [1.82, 2.24) is 0 Å². The highest BCUT2D eigenvalue weighted by molar-refractivity contribution is 6.17. The summed E-state index contributed by atoms with van der Waals surface area (Å²) in [5.41, 5.74) is 13.4. The van der Waals surface area contributed by atoms with Crippen molar-refractivity contribution in [2.24, 2.45) is 11.8 Å². The van der Waals surface area contributed by atoms with Crippen LogP contribution in [0.25, 0.3) is 22.3 Å². The number of fused-ring (bicyclic) bond motifs is 8. The molecule has 0 nitrogen and oxygen atoms in total. The number of rotatable bonds is 0. The van der Waals surface area contributed by atoms with Crippen LogP contribution >= 0.6 is 0 Å². The van der Waals surface area contributed by atoms with Crippen LogP contribution in [0.3, 0.4) is 0 Å². The Hall–Kier alpha value is -2.34. The molecular formula is C23H18. The van der Waals surface area contributed by atoms with Crippen LogP contribution in [0.1, 0.15) is 41.5 Å². The zero-order valence-corrected chi connectivity index (χ0v) is 13.2. The molecule has 0 N–H and O–H groups in total. The third-order valence-electron chi connectivity index (χ3n) is 6.14. The molecule has 0 amide bonds. The fraction of sp³-hybridized carbons (Fsp3) is 0.217. The van der Waals surface area contributed by atoms with Crippen molar-refractivity contribution in [1.29, 1.82) is 0 Å². The van der Waals surface area contributed by atoms with E-state index in [0.717, 1.165) is 24.7 Å². The largest absolute Gasteiger partial charge is 0.0905 e. The average Bonchev–Trinajstić information content (AvgIpc) is 3.23. The van der Waals surface area contributed by atoms with Gasteiger partial charge in [0.05, 0.1) is 0 Å². The summed E-state index contributed by atoms with van der Waals surface area (Å²) in [4.78, 5) is 0. The summed E-state index contributed by atoms with van der Waals surface area (Å²) >= 11 is 0. The molecule has 110 valence electrons. The first-order valence-electron chi connectivity index (χ1n) is 8.66. The van der Waals surface area contributed by atoms with Crippen molar-refractivity contribution in [3.63, 3.8) is 0 Å². The summed E-state index contributed by atoms with van der Waals surface area (Å²) in [7, 11) is 0. The van der Waals surface area contributed by atoms with Crippen molar-refractivity contribution >= 4 is 22.3 Å². The lowest BCUT2D eigenvalue weighted by molar-refractivity contribution is 0.980. The number of hydrogen-bond donors (Lipinski definition) is 0. The van der Waals surface area contributed by atoms with Crippen LogP contribution in [-0.2, 0) is 0 Å². The average molecular weight is 294 g/mol. The van der Waals surface area contributed by atoms with Gasteiger partial charge in [-0.1, -0.05) is 49.6 Å². The number of benzene rings is 1. The van der Waals surface area contributed by atoms with E-state index in [4.69, 9.17) is 0 Å². The molecule has 0 aliphatic heterocycles. The Labute approximate surface area is 136 Å². The monoisotopic (exact) mass is 294 g/mol. The molecule has 1 fully saturated rings. The van der Waals surface area contributed by atoms with Crippen molar-refractivity contribution < 1.29 is 0 Å². The van der Waals surface area contributed by atoms with Crippen LogP contribution in [0, 0.1) is 11.8 Å². The predicted molar refractivity (Wildman–Crippen MR) is 97.5 cm³/mol. The fourth-order valence-corrected chi connectivity index (χ4v) is 4.89. The van der Waals surface area contributed by atoms with Crippen LogP contribution < -0.4 is 0 Å². The summed E-state index contributed by atoms with van der Waals surface area (Å²) < 4.78 is 0. The van der Waals surface area contributed by atoms with Crippen LogP contribution in [0.4, 0.5) is 0 Å². The highest BCUT2D eigenvalue weighted by Gasteiger charge is 2.42. The SMILES string of the molecule is C=C1C2=CCCC=C2c2ccc3c(c21)C(=C)C1=CC2CC2C=C13. The first-order valence-corrected chi connectivity index (χ1v) is 8.66. The third-order valence-corrected chi connectivity index (χ3v) is 6.14. The van der Waals surface area contributed by atoms with Crippen LogP contribution in [0.5, 0.6) is 0 Å². The molecule has 0 spiro atoms. The maximum atomic E-state index is 4.47. The molecule has 0 heteroatoms. The van der Waals surface area contributed by atoms with Crippen molar-refractivity contribution in [2.45, 2.75) is 19.3 Å². The van der Waals surface area contributed by atoms with Crippen LogP contribution in [0.2, 0.25) is 0 Å². The minimum Gasteiger partial charge on any atom is -0.0905 e. The van der Waals surface area contributed by atoms with E-state index in [9.17, 15) is 0 Å². The molecule has 0 bridgehead atoms. The molecule has 0 heterocycles. The molecule has 2 atom stereocenters. The highest BCUT2D eigenvalue weighted by atomic mass is 14.5. The molecule has 1 aromatic rings. The first kappa shape index (κ1) is 12.1. The highest BCUT2D eigenvalue weighted by Crippen LogP contribution is 2.59. The summed E-state index contributed by atoms with van der Waals surface area (Å²) in [5.74, 6) is 1.54. The minimum atomic E-state index is 0.768. The zero-order chi connectivity index (χ0) is 15.3. The van der Waals surface area contributed by atoms with Gasteiger partial charge in [-0.15, -0.1) is 0 Å². The van der Waals surface area contributed by atoms with Gasteiger partial charge in [0.25, 0.3) is 0 Å². The Morgan fingerprint density at radius 1 is 0.696 bits per heavy atom. The predicted octanol–water partition coefficient (Wildman–Crippen LogP) is 5.80. The Morgan fingerprint density at radius 2 is 1.26 bits per heavy atom. The quantitative estimate of drug-likeness (QED) is 0.567. The molecular weight excluding hydrogens is 276 g/mol. The van der Waals surface area contributed by atoms with E-state index >= 15 is 0 Å². The van der Waals surface area contributed by atoms with E-state index in [1.54, 1.807) is 0 Å². The topological polar surface area (TPSA) is 0 Å². The van der Waals surface area contributed by atoms with Gasteiger partial charge in [-0.3, -0.25) is 0 Å². The summed E-state index contributed by atoms with van der Waals surface area (Å²) in [6, 6.07) is 4.63. The molecule has 2 unspecified atom stereocenters. The van der Waals surface area contributed by atoms with Crippen molar-refractivity contribution in [3.05, 3.63) is 83.0 Å². The van der Waals surface area contributed by atoms with Crippen LogP contribution in [0.15, 0.2) is 60.7 Å². The maximum Gasteiger partial charge on any atom is -0.00203 e. The van der Waals surface area contributed by atoms with Gasteiger partial charge in [0.2, 0.25) is 0 Å². The van der Waals surface area contributed by atoms with Gasteiger partial charge in [0.15, 0.2) is 0 Å². The van der Waals surface area contributed by atoms with Gasteiger partial charge in [-0.25, -0.2) is 0 Å². The standard InChI is InChI=1S/C23H18/c1-12-16-5-3-4-6-17(16)18-7-8-19-21-11-15-9-14(15)10-20(21)13(2)23(19)22(12)18/h5-8,10-11,14-15H,1-4,9H2. The molecule has 1 saturated carbocycles. The van der Waals surface area contributed by atoms with E-state index in [2.05, 4.69) is 49.6 Å². The van der Waals surface area contributed by atoms with Crippen molar-refractivity contribution in [3.8, 4) is 0 Å². The van der Waals surface area contributed by atoms with Gasteiger partial charge in [-0.05, 0) is 86.8 Å². The summed E-state index contributed by atoms with van der Waals surface area (Å²) in [6.07, 6.45) is 13.3. The molecule has 23 heavy (non-hydrogen) atoms. The van der Waals surface area contributed by atoms with E-state index < -0.39 is 0 Å². The van der Waals surface area contributed by atoms with E-state index in [1.165, 1.54) is 62.1 Å². The van der Waals surface area contributed by atoms with Gasteiger partial charge < -0.3 is 0 Å². The zero-order valence-electron chi connectivity index (χ0n) is 13.2. The second-order valence-corrected chi connectivity index (χ2v) is 7.40. The Morgan fingerprint density at radius 3 is 2.00 bits per heavy atom. The molecule has 6 rings (SSSR count). The fourth-order valence-electron chi connectivity index (χ4n) is 4.89. The van der Waals surface area contributed by atoms with E-state index in [1.807, 2.05) is 0 Å². The molecule has 0 saturated heterocycles. The lowest BCUT2D eigenvalue weighted by atomic mass is 9.94. The Kier molecular flexibility index (Phi) is 1.98. The van der Waals surface area contributed by atoms with Gasteiger partial charge in [0, 0.05) is 0 Å².